The molecule has 32 heavy (non-hydrogen) atoms. The van der Waals surface area contributed by atoms with Crippen molar-refractivity contribution in [2.45, 2.75) is 117 Å². The lowest BCUT2D eigenvalue weighted by molar-refractivity contribution is -0.239. The van der Waals surface area contributed by atoms with Crippen molar-refractivity contribution in [3.05, 3.63) is 0 Å². The van der Waals surface area contributed by atoms with Crippen LogP contribution in [0.25, 0.3) is 0 Å². The van der Waals surface area contributed by atoms with Gasteiger partial charge < -0.3 is 9.84 Å². The van der Waals surface area contributed by atoms with Gasteiger partial charge in [0.05, 0.1) is 23.7 Å². The van der Waals surface area contributed by atoms with E-state index in [1.54, 1.807) is 7.11 Å². The second-order valence-electron chi connectivity index (χ2n) is 13.3. The SMILES string of the molecule is CO[C@H]1CC[C@]2(C)[C@H]3CC[C@]4(C)[C@@H]([C@H](C)CCCC(C)C)CC[C@H]4[C@@H]3C[C@H](C#N)[C@@]2(O)C1. The Morgan fingerprint density at radius 2 is 1.78 bits per heavy atom. The molecule has 0 spiro atoms. The van der Waals surface area contributed by atoms with E-state index in [1.807, 2.05) is 0 Å². The van der Waals surface area contributed by atoms with Gasteiger partial charge in [0.15, 0.2) is 0 Å². The molecular formula is C29H49NO2. The maximum absolute atomic E-state index is 12.0. The van der Waals surface area contributed by atoms with Crippen LogP contribution < -0.4 is 0 Å². The number of hydrogen-bond acceptors (Lipinski definition) is 3. The first-order chi connectivity index (χ1) is 15.1. The normalized spacial score (nSPS) is 49.1. The summed E-state index contributed by atoms with van der Waals surface area (Å²) in [5, 5.41) is 22.2. The largest absolute Gasteiger partial charge is 0.388 e. The molecule has 0 amide bonds. The monoisotopic (exact) mass is 443 g/mol. The molecule has 3 heteroatoms. The maximum atomic E-state index is 12.0. The van der Waals surface area contributed by atoms with Crippen LogP contribution in [0.5, 0.6) is 0 Å². The topological polar surface area (TPSA) is 53.2 Å². The molecule has 0 radical (unpaired) electrons. The van der Waals surface area contributed by atoms with Crippen molar-refractivity contribution < 1.29 is 9.84 Å². The fraction of sp³-hybridized carbons (Fsp3) is 0.966. The van der Waals surface area contributed by atoms with Gasteiger partial charge in [-0.05, 0) is 85.9 Å². The quantitative estimate of drug-likeness (QED) is 0.481. The van der Waals surface area contributed by atoms with Crippen molar-refractivity contribution in [1.29, 1.82) is 5.26 Å². The number of methoxy groups -OCH3 is 1. The molecule has 4 aliphatic carbocycles. The maximum Gasteiger partial charge on any atom is 0.0885 e. The Kier molecular flexibility index (Phi) is 6.81. The Bertz CT molecular complexity index is 714. The molecule has 0 aliphatic heterocycles. The van der Waals surface area contributed by atoms with Gasteiger partial charge in [-0.1, -0.05) is 53.9 Å². The molecule has 182 valence electrons. The van der Waals surface area contributed by atoms with Crippen LogP contribution in [0.4, 0.5) is 0 Å². The fourth-order valence-corrected chi connectivity index (χ4v) is 9.67. The zero-order chi connectivity index (χ0) is 23.3. The molecule has 4 fully saturated rings. The third-order valence-electron chi connectivity index (χ3n) is 11.5. The van der Waals surface area contributed by atoms with E-state index in [1.165, 1.54) is 44.9 Å². The highest BCUT2D eigenvalue weighted by atomic mass is 16.5. The van der Waals surface area contributed by atoms with E-state index < -0.39 is 5.60 Å². The third kappa shape index (κ3) is 3.67. The van der Waals surface area contributed by atoms with Gasteiger partial charge in [0.1, 0.15) is 0 Å². The highest BCUT2D eigenvalue weighted by Crippen LogP contribution is 2.70. The minimum absolute atomic E-state index is 0.0943. The molecule has 3 nitrogen and oxygen atoms in total. The molecule has 0 saturated heterocycles. The summed E-state index contributed by atoms with van der Waals surface area (Å²) in [6, 6.07) is 2.61. The molecule has 4 rings (SSSR count). The summed E-state index contributed by atoms with van der Waals surface area (Å²) < 4.78 is 5.68. The van der Waals surface area contributed by atoms with Crippen molar-refractivity contribution in [3.8, 4) is 6.07 Å². The van der Waals surface area contributed by atoms with Crippen molar-refractivity contribution in [2.24, 2.45) is 52.3 Å². The second-order valence-corrected chi connectivity index (χ2v) is 13.3. The van der Waals surface area contributed by atoms with Crippen LogP contribution in [0.15, 0.2) is 0 Å². The van der Waals surface area contributed by atoms with Gasteiger partial charge in [0.25, 0.3) is 0 Å². The molecule has 4 aliphatic rings. The third-order valence-corrected chi connectivity index (χ3v) is 11.5. The van der Waals surface area contributed by atoms with E-state index in [2.05, 4.69) is 40.7 Å². The number of fused-ring (bicyclic) bond motifs is 5. The molecular weight excluding hydrogens is 394 g/mol. The number of ether oxygens (including phenoxy) is 1. The van der Waals surface area contributed by atoms with Gasteiger partial charge in [-0.3, -0.25) is 0 Å². The summed E-state index contributed by atoms with van der Waals surface area (Å²) in [6.07, 6.45) is 13.0. The van der Waals surface area contributed by atoms with Crippen LogP contribution in [0.1, 0.15) is 105 Å². The first-order valence-corrected chi connectivity index (χ1v) is 13.8. The number of nitrogens with zero attached hydrogens (tertiary/aromatic N) is 1. The number of rotatable bonds is 6. The lowest BCUT2D eigenvalue weighted by atomic mass is 9.41. The summed E-state index contributed by atoms with van der Waals surface area (Å²) >= 11 is 0. The van der Waals surface area contributed by atoms with Gasteiger partial charge in [0, 0.05) is 18.9 Å². The molecule has 4 saturated carbocycles. The zero-order valence-corrected chi connectivity index (χ0v) is 21.7. The minimum Gasteiger partial charge on any atom is -0.388 e. The Morgan fingerprint density at radius 3 is 2.44 bits per heavy atom. The fourth-order valence-electron chi connectivity index (χ4n) is 9.67. The lowest BCUT2D eigenvalue weighted by Gasteiger charge is -2.65. The standard InChI is InChI=1S/C29H49NO2/c1-19(2)8-7-9-20(3)24-10-11-25-23-16-21(18-30)29(31)17-22(32-6)12-15-28(29,5)26(23)13-14-27(24,25)4/h19-26,31H,7-17H2,1-6H3/t20-,21-,22+,23+,24-,25+,26+,27-,28-,29+/m1/s1. The Hall–Kier alpha value is -0.590. The van der Waals surface area contributed by atoms with E-state index >= 15 is 0 Å². The molecule has 0 aromatic rings. The van der Waals surface area contributed by atoms with Crippen LogP contribution in [-0.4, -0.2) is 23.9 Å². The van der Waals surface area contributed by atoms with Gasteiger partial charge in [-0.25, -0.2) is 0 Å². The first kappa shape index (κ1) is 24.5. The second kappa shape index (κ2) is 8.88. The van der Waals surface area contributed by atoms with Crippen molar-refractivity contribution in [3.63, 3.8) is 0 Å². The van der Waals surface area contributed by atoms with Crippen molar-refractivity contribution in [1.82, 2.24) is 0 Å². The van der Waals surface area contributed by atoms with E-state index in [0.29, 0.717) is 23.7 Å². The van der Waals surface area contributed by atoms with Crippen molar-refractivity contribution in [2.75, 3.05) is 7.11 Å². The molecule has 10 atom stereocenters. The number of aliphatic hydroxyl groups is 1. The van der Waals surface area contributed by atoms with Gasteiger partial charge in [-0.2, -0.15) is 5.26 Å². The van der Waals surface area contributed by atoms with Crippen LogP contribution in [-0.2, 0) is 4.74 Å². The van der Waals surface area contributed by atoms with E-state index in [0.717, 1.165) is 42.9 Å². The number of hydrogen-bond donors (Lipinski definition) is 1. The Labute approximate surface area is 197 Å². The molecule has 0 bridgehead atoms. The van der Waals surface area contributed by atoms with Gasteiger partial charge in [-0.15, -0.1) is 0 Å². The molecule has 0 aromatic heterocycles. The van der Waals surface area contributed by atoms with Crippen LogP contribution in [0.2, 0.25) is 0 Å². The van der Waals surface area contributed by atoms with Crippen molar-refractivity contribution >= 4 is 0 Å². The predicted molar refractivity (Wildman–Crippen MR) is 130 cm³/mol. The summed E-state index contributed by atoms with van der Waals surface area (Å²) in [6.45, 7) is 12.2. The summed E-state index contributed by atoms with van der Waals surface area (Å²) in [7, 11) is 1.76. The smallest absolute Gasteiger partial charge is 0.0885 e. The van der Waals surface area contributed by atoms with E-state index in [4.69, 9.17) is 4.74 Å². The van der Waals surface area contributed by atoms with Crippen LogP contribution >= 0.6 is 0 Å². The minimum atomic E-state index is -0.891. The average molecular weight is 444 g/mol. The zero-order valence-electron chi connectivity index (χ0n) is 21.7. The highest BCUT2D eigenvalue weighted by molar-refractivity contribution is 5.20. The Morgan fingerprint density at radius 1 is 1.03 bits per heavy atom. The molecule has 0 unspecified atom stereocenters. The van der Waals surface area contributed by atoms with E-state index in [9.17, 15) is 10.4 Å². The van der Waals surface area contributed by atoms with E-state index in [-0.39, 0.29) is 17.4 Å². The summed E-state index contributed by atoms with van der Waals surface area (Å²) in [5.74, 6) is 4.09. The molecule has 0 heterocycles. The molecule has 0 aromatic carbocycles. The summed E-state index contributed by atoms with van der Waals surface area (Å²) in [4.78, 5) is 0. The first-order valence-electron chi connectivity index (χ1n) is 13.8. The van der Waals surface area contributed by atoms with Crippen LogP contribution in [0, 0.1) is 63.6 Å². The Balaban J connectivity index is 1.56. The molecule has 1 N–H and O–H groups in total. The van der Waals surface area contributed by atoms with Crippen LogP contribution in [0.3, 0.4) is 0 Å². The summed E-state index contributed by atoms with van der Waals surface area (Å²) in [5.41, 5.74) is -0.612. The predicted octanol–water partition coefficient (Wildman–Crippen LogP) is 6.99. The lowest BCUT2D eigenvalue weighted by Crippen LogP contribution is -2.66. The van der Waals surface area contributed by atoms with Gasteiger partial charge >= 0.3 is 0 Å². The van der Waals surface area contributed by atoms with Gasteiger partial charge in [0.2, 0.25) is 0 Å². The number of nitriles is 1. The highest BCUT2D eigenvalue weighted by Gasteiger charge is 2.67. The average Bonchev–Trinajstić information content (AvgIpc) is 3.10.